The molecule has 25 heavy (non-hydrogen) atoms. The molecule has 3 atom stereocenters. The van der Waals surface area contributed by atoms with E-state index in [9.17, 15) is 14.0 Å². The van der Waals surface area contributed by atoms with E-state index in [-0.39, 0.29) is 29.7 Å². The second-order valence-corrected chi connectivity index (χ2v) is 8.13. The van der Waals surface area contributed by atoms with Gasteiger partial charge < -0.3 is 10.6 Å². The molecule has 1 aromatic carbocycles. The van der Waals surface area contributed by atoms with Gasteiger partial charge >= 0.3 is 0 Å². The Labute approximate surface area is 148 Å². The average Bonchev–Trinajstić information content (AvgIpc) is 3.00. The lowest BCUT2D eigenvalue weighted by Gasteiger charge is -2.24. The monoisotopic (exact) mass is 359 g/mol. The molecular formula is C18H18FN3O2S. The van der Waals surface area contributed by atoms with Crippen LogP contribution in [0.15, 0.2) is 24.3 Å². The number of carbonyl (C=O) groups is 2. The van der Waals surface area contributed by atoms with E-state index in [0.717, 1.165) is 15.4 Å². The summed E-state index contributed by atoms with van der Waals surface area (Å²) < 4.78 is 13.2. The minimum Gasteiger partial charge on any atom is -0.369 e. The highest BCUT2D eigenvalue weighted by Crippen LogP contribution is 2.59. The Balaban J connectivity index is 1.70. The number of hydrogen-bond acceptors (Lipinski definition) is 4. The number of nitrogens with zero attached hydrogens (tertiary/aromatic N) is 2. The second-order valence-electron chi connectivity index (χ2n) is 6.92. The zero-order valence-corrected chi connectivity index (χ0v) is 14.8. The van der Waals surface area contributed by atoms with Crippen LogP contribution in [0.3, 0.4) is 0 Å². The number of likely N-dealkylation sites (tertiary alicyclic amines) is 1. The molecule has 1 aromatic heterocycles. The fourth-order valence-electron chi connectivity index (χ4n) is 4.00. The number of benzene rings is 1. The third-order valence-electron chi connectivity index (χ3n) is 5.27. The molecule has 5 nitrogen and oxygen atoms in total. The van der Waals surface area contributed by atoms with Gasteiger partial charge in [-0.1, -0.05) is 12.1 Å². The topological polar surface area (TPSA) is 76.3 Å². The Morgan fingerprint density at radius 1 is 1.32 bits per heavy atom. The first-order valence-electron chi connectivity index (χ1n) is 8.19. The van der Waals surface area contributed by atoms with Crippen molar-refractivity contribution in [3.05, 3.63) is 40.8 Å². The van der Waals surface area contributed by atoms with Crippen molar-refractivity contribution < 1.29 is 14.0 Å². The Morgan fingerprint density at radius 3 is 2.60 bits per heavy atom. The van der Waals surface area contributed by atoms with Crippen molar-refractivity contribution >= 4 is 23.2 Å². The number of halogens is 1. The molecule has 2 aliphatic rings. The predicted octanol–water partition coefficient (Wildman–Crippen LogP) is 2.74. The van der Waals surface area contributed by atoms with Gasteiger partial charge in [-0.15, -0.1) is 11.3 Å². The lowest BCUT2D eigenvalue weighted by Crippen LogP contribution is -2.37. The van der Waals surface area contributed by atoms with Crippen LogP contribution in [0.4, 0.5) is 4.39 Å². The SMILES string of the molecule is Cc1nc(C(=O)N2[C@H]3C[C@]3(C(N)=O)C[C@@H]2C)c(-c2ccc(F)cc2)s1. The second kappa shape index (κ2) is 5.36. The molecule has 130 valence electrons. The summed E-state index contributed by atoms with van der Waals surface area (Å²) in [5, 5.41) is 0.770. The van der Waals surface area contributed by atoms with Gasteiger partial charge in [-0.05, 0) is 44.4 Å². The van der Waals surface area contributed by atoms with Crippen LogP contribution in [0.2, 0.25) is 0 Å². The van der Waals surface area contributed by atoms with Crippen molar-refractivity contribution in [2.45, 2.75) is 38.8 Å². The van der Waals surface area contributed by atoms with Crippen molar-refractivity contribution in [2.24, 2.45) is 11.1 Å². The standard InChI is InChI=1S/C18H18FN3O2S/c1-9-7-18(17(20)24)8-13(18)22(9)16(23)14-15(25-10(2)21-14)11-3-5-12(19)6-4-11/h3-6,9,13H,7-8H2,1-2H3,(H2,20,24)/t9-,13-,18+/m0/s1. The third-order valence-corrected chi connectivity index (χ3v) is 6.29. The summed E-state index contributed by atoms with van der Waals surface area (Å²) in [7, 11) is 0. The van der Waals surface area contributed by atoms with Gasteiger partial charge in [0.05, 0.1) is 15.3 Å². The van der Waals surface area contributed by atoms with E-state index in [1.54, 1.807) is 17.0 Å². The van der Waals surface area contributed by atoms with Gasteiger partial charge in [-0.25, -0.2) is 9.37 Å². The summed E-state index contributed by atoms with van der Waals surface area (Å²) in [5.41, 5.74) is 6.12. The summed E-state index contributed by atoms with van der Waals surface area (Å²) in [5.74, 6) is -0.829. The minimum atomic E-state index is -0.559. The molecule has 2 amide bonds. The molecule has 0 radical (unpaired) electrons. The number of fused-ring (bicyclic) bond motifs is 1. The molecule has 1 aliphatic carbocycles. The van der Waals surface area contributed by atoms with Crippen LogP contribution in [0, 0.1) is 18.2 Å². The molecule has 2 heterocycles. The number of rotatable bonds is 3. The first-order chi connectivity index (χ1) is 11.8. The molecule has 2 aromatic rings. The third kappa shape index (κ3) is 2.37. The first kappa shape index (κ1) is 16.2. The summed E-state index contributed by atoms with van der Waals surface area (Å²) in [6.07, 6.45) is 1.24. The van der Waals surface area contributed by atoms with E-state index in [1.807, 2.05) is 13.8 Å². The van der Waals surface area contributed by atoms with Crippen LogP contribution in [0.5, 0.6) is 0 Å². The van der Waals surface area contributed by atoms with Crippen LogP contribution in [0.25, 0.3) is 10.4 Å². The van der Waals surface area contributed by atoms with E-state index >= 15 is 0 Å². The number of carbonyl (C=O) groups excluding carboxylic acids is 2. The molecule has 4 rings (SSSR count). The van der Waals surface area contributed by atoms with Crippen molar-refractivity contribution in [3.63, 3.8) is 0 Å². The number of piperidine rings is 1. The number of thiazole rings is 1. The van der Waals surface area contributed by atoms with Crippen LogP contribution >= 0.6 is 11.3 Å². The highest BCUT2D eigenvalue weighted by Gasteiger charge is 2.68. The van der Waals surface area contributed by atoms with E-state index in [1.165, 1.54) is 23.5 Å². The summed E-state index contributed by atoms with van der Waals surface area (Å²) in [4.78, 5) is 31.9. The molecule has 0 unspecified atom stereocenters. The van der Waals surface area contributed by atoms with Crippen molar-refractivity contribution in [1.29, 1.82) is 0 Å². The van der Waals surface area contributed by atoms with Crippen LogP contribution < -0.4 is 5.73 Å². The smallest absolute Gasteiger partial charge is 0.274 e. The maximum Gasteiger partial charge on any atom is 0.274 e. The van der Waals surface area contributed by atoms with Gasteiger partial charge in [0.15, 0.2) is 0 Å². The minimum absolute atomic E-state index is 0.0539. The fraction of sp³-hybridized carbons (Fsp3) is 0.389. The van der Waals surface area contributed by atoms with Crippen LogP contribution in [-0.2, 0) is 4.79 Å². The summed E-state index contributed by atoms with van der Waals surface area (Å²) in [6, 6.07) is 5.86. The van der Waals surface area contributed by atoms with E-state index in [4.69, 9.17) is 5.73 Å². The lowest BCUT2D eigenvalue weighted by molar-refractivity contribution is -0.123. The van der Waals surface area contributed by atoms with Gasteiger partial charge in [0.2, 0.25) is 5.91 Å². The molecular weight excluding hydrogens is 341 g/mol. The van der Waals surface area contributed by atoms with Crippen LogP contribution in [-0.4, -0.2) is 33.8 Å². The normalized spacial score (nSPS) is 27.2. The van der Waals surface area contributed by atoms with Gasteiger partial charge in [-0.2, -0.15) is 0 Å². The molecule has 2 N–H and O–H groups in total. The summed E-state index contributed by atoms with van der Waals surface area (Å²) >= 11 is 1.41. The number of aromatic nitrogens is 1. The maximum atomic E-state index is 13.2. The van der Waals surface area contributed by atoms with Gasteiger partial charge in [-0.3, -0.25) is 9.59 Å². The highest BCUT2D eigenvalue weighted by molar-refractivity contribution is 7.15. The van der Waals surface area contributed by atoms with E-state index < -0.39 is 5.41 Å². The van der Waals surface area contributed by atoms with Crippen molar-refractivity contribution in [3.8, 4) is 10.4 Å². The predicted molar refractivity (Wildman–Crippen MR) is 92.5 cm³/mol. The largest absolute Gasteiger partial charge is 0.369 e. The average molecular weight is 359 g/mol. The Morgan fingerprint density at radius 2 is 2.00 bits per heavy atom. The Hall–Kier alpha value is -2.28. The maximum absolute atomic E-state index is 13.2. The van der Waals surface area contributed by atoms with Gasteiger partial charge in [0, 0.05) is 12.1 Å². The number of amides is 2. The fourth-order valence-corrected chi connectivity index (χ4v) is 4.92. The number of aryl methyl sites for hydroxylation is 1. The molecule has 1 aliphatic heterocycles. The molecule has 7 heteroatoms. The van der Waals surface area contributed by atoms with Crippen molar-refractivity contribution in [2.75, 3.05) is 0 Å². The first-order valence-corrected chi connectivity index (χ1v) is 9.01. The molecule has 0 bridgehead atoms. The number of hydrogen-bond donors (Lipinski definition) is 1. The quantitative estimate of drug-likeness (QED) is 0.915. The number of nitrogens with two attached hydrogens (primary N) is 1. The zero-order chi connectivity index (χ0) is 17.9. The van der Waals surface area contributed by atoms with Crippen LogP contribution in [0.1, 0.15) is 35.3 Å². The van der Waals surface area contributed by atoms with E-state index in [2.05, 4.69) is 4.98 Å². The molecule has 2 fully saturated rings. The molecule has 1 saturated carbocycles. The number of primary amides is 1. The lowest BCUT2D eigenvalue weighted by atomic mass is 10.00. The zero-order valence-electron chi connectivity index (χ0n) is 14.0. The van der Waals surface area contributed by atoms with Gasteiger partial charge in [0.1, 0.15) is 11.5 Å². The Kier molecular flexibility index (Phi) is 3.47. The van der Waals surface area contributed by atoms with Gasteiger partial charge in [0.25, 0.3) is 5.91 Å². The molecule has 1 saturated heterocycles. The highest BCUT2D eigenvalue weighted by atomic mass is 32.1. The Bertz CT molecular complexity index is 879. The molecule has 0 spiro atoms. The van der Waals surface area contributed by atoms with E-state index in [0.29, 0.717) is 18.5 Å². The summed E-state index contributed by atoms with van der Waals surface area (Å²) in [6.45, 7) is 3.78. The van der Waals surface area contributed by atoms with Crippen molar-refractivity contribution in [1.82, 2.24) is 9.88 Å².